The Kier molecular flexibility index (Phi) is 5.30. The van der Waals surface area contributed by atoms with E-state index in [0.29, 0.717) is 18.9 Å². The van der Waals surface area contributed by atoms with Crippen LogP contribution in [0.3, 0.4) is 0 Å². The first-order valence-corrected chi connectivity index (χ1v) is 7.38. The SMILES string of the molecule is CN(CCOc1ccc(F)cc1)C(=O)C(N)c1cccs1. The average molecular weight is 308 g/mol. The van der Waals surface area contributed by atoms with Crippen LogP contribution < -0.4 is 10.5 Å². The van der Waals surface area contributed by atoms with Crippen LogP contribution in [-0.2, 0) is 4.79 Å². The number of nitrogens with two attached hydrogens (primary N) is 1. The van der Waals surface area contributed by atoms with Gasteiger partial charge in [-0.2, -0.15) is 0 Å². The summed E-state index contributed by atoms with van der Waals surface area (Å²) in [7, 11) is 1.68. The highest BCUT2D eigenvalue weighted by molar-refractivity contribution is 7.10. The van der Waals surface area contributed by atoms with Gasteiger partial charge in [0.1, 0.15) is 24.2 Å². The van der Waals surface area contributed by atoms with Crippen molar-refractivity contribution in [1.82, 2.24) is 4.90 Å². The first-order chi connectivity index (χ1) is 10.1. The summed E-state index contributed by atoms with van der Waals surface area (Å²) in [4.78, 5) is 14.5. The summed E-state index contributed by atoms with van der Waals surface area (Å²) >= 11 is 1.46. The van der Waals surface area contributed by atoms with E-state index in [0.717, 1.165) is 4.88 Å². The standard InChI is InChI=1S/C15H17FN2O2S/c1-18(15(19)14(17)13-3-2-10-21-13)8-9-20-12-6-4-11(16)5-7-12/h2-7,10,14H,8-9,17H2,1H3. The third-order valence-electron chi connectivity index (χ3n) is 3.00. The van der Waals surface area contributed by atoms with Crippen LogP contribution in [0, 0.1) is 5.82 Å². The van der Waals surface area contributed by atoms with Crippen molar-refractivity contribution in [3.63, 3.8) is 0 Å². The van der Waals surface area contributed by atoms with Crippen molar-refractivity contribution in [2.45, 2.75) is 6.04 Å². The Labute approximate surface area is 126 Å². The van der Waals surface area contributed by atoms with E-state index in [9.17, 15) is 9.18 Å². The van der Waals surface area contributed by atoms with Gasteiger partial charge in [-0.3, -0.25) is 4.79 Å². The van der Waals surface area contributed by atoms with E-state index >= 15 is 0 Å². The van der Waals surface area contributed by atoms with Crippen LogP contribution in [0.15, 0.2) is 41.8 Å². The number of likely N-dealkylation sites (N-methyl/N-ethyl adjacent to an activating group) is 1. The first-order valence-electron chi connectivity index (χ1n) is 6.50. The number of carbonyl (C=O) groups excluding carboxylic acids is 1. The van der Waals surface area contributed by atoms with Crippen molar-refractivity contribution in [2.75, 3.05) is 20.2 Å². The molecule has 1 amide bonds. The minimum absolute atomic E-state index is 0.153. The second-order valence-corrected chi connectivity index (χ2v) is 5.53. The third-order valence-corrected chi connectivity index (χ3v) is 3.96. The zero-order valence-electron chi connectivity index (χ0n) is 11.7. The van der Waals surface area contributed by atoms with Gasteiger partial charge in [-0.15, -0.1) is 11.3 Å². The number of amides is 1. The molecule has 1 atom stereocenters. The summed E-state index contributed by atoms with van der Waals surface area (Å²) in [6.07, 6.45) is 0. The molecule has 6 heteroatoms. The van der Waals surface area contributed by atoms with Crippen LogP contribution in [0.2, 0.25) is 0 Å². The lowest BCUT2D eigenvalue weighted by molar-refractivity contribution is -0.131. The molecule has 0 spiro atoms. The monoisotopic (exact) mass is 308 g/mol. The van der Waals surface area contributed by atoms with Gasteiger partial charge >= 0.3 is 0 Å². The summed E-state index contributed by atoms with van der Waals surface area (Å²) in [5, 5.41) is 1.89. The molecule has 4 nitrogen and oxygen atoms in total. The van der Waals surface area contributed by atoms with Crippen LogP contribution in [0.25, 0.3) is 0 Å². The molecule has 1 aromatic heterocycles. The van der Waals surface area contributed by atoms with Gasteiger partial charge in [0, 0.05) is 11.9 Å². The first kappa shape index (κ1) is 15.5. The average Bonchev–Trinajstić information content (AvgIpc) is 3.02. The fraction of sp³-hybridized carbons (Fsp3) is 0.267. The van der Waals surface area contributed by atoms with Gasteiger partial charge in [0.05, 0.1) is 6.54 Å². The van der Waals surface area contributed by atoms with Crippen molar-refractivity contribution in [3.05, 3.63) is 52.5 Å². The fourth-order valence-corrected chi connectivity index (χ4v) is 2.49. The van der Waals surface area contributed by atoms with E-state index in [1.165, 1.54) is 28.4 Å². The van der Waals surface area contributed by atoms with Gasteiger partial charge in [-0.25, -0.2) is 4.39 Å². The van der Waals surface area contributed by atoms with Crippen LogP contribution >= 0.6 is 11.3 Å². The Bertz CT molecular complexity index is 572. The molecule has 0 fully saturated rings. The molecule has 2 aromatic rings. The number of ether oxygens (including phenoxy) is 1. The minimum atomic E-state index is -0.638. The second kappa shape index (κ2) is 7.19. The molecule has 1 heterocycles. The van der Waals surface area contributed by atoms with Crippen molar-refractivity contribution >= 4 is 17.2 Å². The molecule has 1 aromatic carbocycles. The molecule has 0 aliphatic rings. The van der Waals surface area contributed by atoms with Crippen LogP contribution in [0.1, 0.15) is 10.9 Å². The molecule has 112 valence electrons. The molecule has 21 heavy (non-hydrogen) atoms. The Morgan fingerprint density at radius 3 is 2.71 bits per heavy atom. The summed E-state index contributed by atoms with van der Waals surface area (Å²) in [5.74, 6) is 0.108. The van der Waals surface area contributed by atoms with Gasteiger partial charge in [0.15, 0.2) is 0 Å². The zero-order chi connectivity index (χ0) is 15.2. The maximum absolute atomic E-state index is 12.7. The number of halogens is 1. The number of hydrogen-bond acceptors (Lipinski definition) is 4. The van der Waals surface area contributed by atoms with Crippen molar-refractivity contribution in [1.29, 1.82) is 0 Å². The van der Waals surface area contributed by atoms with Crippen molar-refractivity contribution < 1.29 is 13.9 Å². The maximum atomic E-state index is 12.7. The summed E-state index contributed by atoms with van der Waals surface area (Å²) in [6.45, 7) is 0.736. The largest absolute Gasteiger partial charge is 0.492 e. The van der Waals surface area contributed by atoms with Crippen molar-refractivity contribution in [3.8, 4) is 5.75 Å². The van der Waals surface area contributed by atoms with Gasteiger partial charge in [-0.1, -0.05) is 6.07 Å². The quantitative estimate of drug-likeness (QED) is 0.891. The third kappa shape index (κ3) is 4.27. The van der Waals surface area contributed by atoms with Gasteiger partial charge < -0.3 is 15.4 Å². The predicted molar refractivity (Wildman–Crippen MR) is 80.8 cm³/mol. The Hall–Kier alpha value is -1.92. The van der Waals surface area contributed by atoms with E-state index in [4.69, 9.17) is 10.5 Å². The number of benzene rings is 1. The van der Waals surface area contributed by atoms with E-state index < -0.39 is 6.04 Å². The number of rotatable bonds is 6. The molecule has 0 saturated heterocycles. The molecule has 0 aliphatic carbocycles. The molecular formula is C15H17FN2O2S. The Morgan fingerprint density at radius 2 is 2.10 bits per heavy atom. The smallest absolute Gasteiger partial charge is 0.244 e. The molecule has 2 rings (SSSR count). The fourth-order valence-electron chi connectivity index (χ4n) is 1.77. The molecule has 0 saturated carbocycles. The summed E-state index contributed by atoms with van der Waals surface area (Å²) in [6, 6.07) is 8.83. The minimum Gasteiger partial charge on any atom is -0.492 e. The summed E-state index contributed by atoms with van der Waals surface area (Å²) < 4.78 is 18.2. The van der Waals surface area contributed by atoms with Crippen LogP contribution in [0.4, 0.5) is 4.39 Å². The van der Waals surface area contributed by atoms with E-state index in [1.807, 2.05) is 17.5 Å². The van der Waals surface area contributed by atoms with E-state index in [2.05, 4.69) is 0 Å². The predicted octanol–water partition coefficient (Wildman–Crippen LogP) is 2.42. The number of nitrogens with zero attached hydrogens (tertiary/aromatic N) is 1. The van der Waals surface area contributed by atoms with Gasteiger partial charge in [-0.05, 0) is 35.7 Å². The highest BCUT2D eigenvalue weighted by Crippen LogP contribution is 2.18. The van der Waals surface area contributed by atoms with E-state index in [-0.39, 0.29) is 11.7 Å². The zero-order valence-corrected chi connectivity index (χ0v) is 12.5. The summed E-state index contributed by atoms with van der Waals surface area (Å²) in [5.41, 5.74) is 5.92. The van der Waals surface area contributed by atoms with Crippen LogP contribution in [-0.4, -0.2) is 31.0 Å². The molecule has 0 radical (unpaired) electrons. The lowest BCUT2D eigenvalue weighted by Gasteiger charge is -2.20. The molecule has 2 N–H and O–H groups in total. The van der Waals surface area contributed by atoms with Crippen LogP contribution in [0.5, 0.6) is 5.75 Å². The lowest BCUT2D eigenvalue weighted by Crippen LogP contribution is -2.37. The normalized spacial score (nSPS) is 12.0. The number of thiophene rings is 1. The van der Waals surface area contributed by atoms with E-state index in [1.54, 1.807) is 19.2 Å². The van der Waals surface area contributed by atoms with Gasteiger partial charge in [0.25, 0.3) is 0 Å². The molecule has 1 unspecified atom stereocenters. The molecular weight excluding hydrogens is 291 g/mol. The highest BCUT2D eigenvalue weighted by Gasteiger charge is 2.20. The highest BCUT2D eigenvalue weighted by atomic mass is 32.1. The topological polar surface area (TPSA) is 55.6 Å². The van der Waals surface area contributed by atoms with Gasteiger partial charge in [0.2, 0.25) is 5.91 Å². The molecule has 0 bridgehead atoms. The Morgan fingerprint density at radius 1 is 1.38 bits per heavy atom. The Balaban J connectivity index is 1.80. The maximum Gasteiger partial charge on any atom is 0.244 e. The second-order valence-electron chi connectivity index (χ2n) is 4.56. The lowest BCUT2D eigenvalue weighted by atomic mass is 10.2. The van der Waals surface area contributed by atoms with Crippen molar-refractivity contribution in [2.24, 2.45) is 5.73 Å². The number of carbonyl (C=O) groups is 1. The molecule has 0 aliphatic heterocycles. The number of hydrogen-bond donors (Lipinski definition) is 1.